The van der Waals surface area contributed by atoms with Gasteiger partial charge in [0.1, 0.15) is 18.2 Å². The number of hydrogen-bond donors (Lipinski definition) is 2. The van der Waals surface area contributed by atoms with Gasteiger partial charge in [-0.3, -0.25) is 0 Å². The molecule has 1 fully saturated rings. The van der Waals surface area contributed by atoms with Gasteiger partial charge in [-0.1, -0.05) is 6.07 Å². The van der Waals surface area contributed by atoms with E-state index in [1.54, 1.807) is 19.2 Å². The van der Waals surface area contributed by atoms with Crippen molar-refractivity contribution < 1.29 is 9.13 Å². The lowest BCUT2D eigenvalue weighted by atomic mass is 10.0. The van der Waals surface area contributed by atoms with Crippen LogP contribution in [-0.2, 0) is 18.3 Å². The van der Waals surface area contributed by atoms with Crippen LogP contribution in [0.15, 0.2) is 23.2 Å². The second kappa shape index (κ2) is 12.2. The molecule has 0 aliphatic carbocycles. The number of aryl methyl sites for hydroxylation is 2. The predicted molar refractivity (Wildman–Crippen MR) is 132 cm³/mol. The zero-order valence-corrected chi connectivity index (χ0v) is 21.0. The maximum Gasteiger partial charge on any atom is 0.192 e. The minimum absolute atomic E-state index is 0. The third-order valence-corrected chi connectivity index (χ3v) is 5.36. The average Bonchev–Trinajstić information content (AvgIpc) is 3.06. The van der Waals surface area contributed by atoms with Crippen LogP contribution in [0.5, 0.6) is 0 Å². The van der Waals surface area contributed by atoms with E-state index in [9.17, 15) is 4.39 Å². The lowest BCUT2D eigenvalue weighted by Gasteiger charge is -2.35. The molecular weight excluding hydrogens is 512 g/mol. The van der Waals surface area contributed by atoms with E-state index in [4.69, 9.17) is 4.74 Å². The Balaban J connectivity index is 0.00000341. The molecule has 1 saturated heterocycles. The second-order valence-electron chi connectivity index (χ2n) is 7.69. The molecule has 1 aliphatic heterocycles. The van der Waals surface area contributed by atoms with Crippen LogP contribution in [0.2, 0.25) is 0 Å². The summed E-state index contributed by atoms with van der Waals surface area (Å²) < 4.78 is 21.4. The third-order valence-electron chi connectivity index (χ3n) is 5.36. The number of piperidine rings is 1. The van der Waals surface area contributed by atoms with Crippen LogP contribution in [-0.4, -0.2) is 60.1 Å². The van der Waals surface area contributed by atoms with Crippen molar-refractivity contribution >= 4 is 35.6 Å². The summed E-state index contributed by atoms with van der Waals surface area (Å²) in [6, 6.07) is 5.43. The van der Waals surface area contributed by atoms with Crippen molar-refractivity contribution in [2.75, 3.05) is 38.3 Å². The zero-order chi connectivity index (χ0) is 21.5. The first-order valence-electron chi connectivity index (χ1n) is 10.4. The van der Waals surface area contributed by atoms with E-state index in [0.29, 0.717) is 37.9 Å². The summed E-state index contributed by atoms with van der Waals surface area (Å²) in [5.74, 6) is 2.17. The summed E-state index contributed by atoms with van der Waals surface area (Å²) >= 11 is 0. The van der Waals surface area contributed by atoms with E-state index in [2.05, 4.69) is 30.7 Å². The molecule has 0 bridgehead atoms. The molecule has 1 aliphatic rings. The fourth-order valence-corrected chi connectivity index (χ4v) is 3.53. The van der Waals surface area contributed by atoms with E-state index in [0.717, 1.165) is 36.6 Å². The number of aliphatic imine (C=N–C) groups is 1. The van der Waals surface area contributed by atoms with Crippen molar-refractivity contribution in [2.45, 2.75) is 39.3 Å². The van der Waals surface area contributed by atoms with Crippen molar-refractivity contribution in [3.63, 3.8) is 0 Å². The molecule has 2 aromatic rings. The maximum absolute atomic E-state index is 14.4. The molecule has 1 atom stereocenters. The molecule has 0 saturated carbocycles. The van der Waals surface area contributed by atoms with Crippen molar-refractivity contribution in [3.05, 3.63) is 41.2 Å². The number of nitrogens with zero attached hydrogens (tertiary/aromatic N) is 5. The molecule has 1 aromatic heterocycles. The Labute approximate surface area is 200 Å². The molecule has 1 unspecified atom stereocenters. The highest BCUT2D eigenvalue weighted by Crippen LogP contribution is 2.24. The third kappa shape index (κ3) is 7.03. The molecule has 8 nitrogen and oxygen atoms in total. The van der Waals surface area contributed by atoms with E-state index in [1.807, 2.05) is 31.5 Å². The Morgan fingerprint density at radius 2 is 2.13 bits per heavy atom. The highest BCUT2D eigenvalue weighted by atomic mass is 127. The van der Waals surface area contributed by atoms with Crippen molar-refractivity contribution in [1.29, 1.82) is 0 Å². The second-order valence-corrected chi connectivity index (χ2v) is 7.69. The van der Waals surface area contributed by atoms with Crippen molar-refractivity contribution in [2.24, 2.45) is 12.0 Å². The standard InChI is InChI=1S/C21H32FN7O.HI/c1-15-7-8-18(22)19(12-15)29-10-5-6-17(14-29)25-21(23-9-11-30-4)24-13-20-27-26-16(2)28(20)3;/h7-8,12,17H,5-6,9-11,13-14H2,1-4H3,(H2,23,24,25);1H. The van der Waals surface area contributed by atoms with Gasteiger partial charge in [-0.25, -0.2) is 9.38 Å². The molecule has 2 N–H and O–H groups in total. The predicted octanol–water partition coefficient (Wildman–Crippen LogP) is 2.54. The molecule has 2 heterocycles. The highest BCUT2D eigenvalue weighted by molar-refractivity contribution is 14.0. The number of anilines is 1. The first-order valence-corrected chi connectivity index (χ1v) is 10.4. The van der Waals surface area contributed by atoms with Crippen LogP contribution in [0.1, 0.15) is 30.1 Å². The van der Waals surface area contributed by atoms with Crippen LogP contribution in [0.3, 0.4) is 0 Å². The molecule has 10 heteroatoms. The van der Waals surface area contributed by atoms with Gasteiger partial charge in [0.2, 0.25) is 0 Å². The van der Waals surface area contributed by atoms with Gasteiger partial charge < -0.3 is 24.8 Å². The number of halogens is 2. The summed E-state index contributed by atoms with van der Waals surface area (Å²) in [5, 5.41) is 15.1. The Kier molecular flexibility index (Phi) is 9.94. The van der Waals surface area contributed by atoms with Gasteiger partial charge in [-0.2, -0.15) is 0 Å². The van der Waals surface area contributed by atoms with Crippen LogP contribution in [0, 0.1) is 19.7 Å². The van der Waals surface area contributed by atoms with E-state index >= 15 is 0 Å². The largest absolute Gasteiger partial charge is 0.383 e. The number of ether oxygens (including phenoxy) is 1. The molecule has 31 heavy (non-hydrogen) atoms. The average molecular weight is 545 g/mol. The summed E-state index contributed by atoms with van der Waals surface area (Å²) in [6.07, 6.45) is 1.98. The van der Waals surface area contributed by atoms with Crippen LogP contribution >= 0.6 is 24.0 Å². The Bertz CT molecular complexity index is 873. The Morgan fingerprint density at radius 1 is 1.32 bits per heavy atom. The summed E-state index contributed by atoms with van der Waals surface area (Å²) in [5.41, 5.74) is 1.73. The number of benzene rings is 1. The normalized spacial score (nSPS) is 16.7. The summed E-state index contributed by atoms with van der Waals surface area (Å²) in [6.45, 7) is 7.11. The van der Waals surface area contributed by atoms with E-state index in [-0.39, 0.29) is 35.8 Å². The topological polar surface area (TPSA) is 79.6 Å². The molecule has 0 spiro atoms. The number of hydrogen-bond acceptors (Lipinski definition) is 5. The molecule has 0 amide bonds. The summed E-state index contributed by atoms with van der Waals surface area (Å²) in [4.78, 5) is 6.80. The zero-order valence-electron chi connectivity index (χ0n) is 18.7. The maximum atomic E-state index is 14.4. The molecule has 172 valence electrons. The first kappa shape index (κ1) is 25.3. The van der Waals surface area contributed by atoms with Crippen LogP contribution in [0.25, 0.3) is 0 Å². The molecule has 0 radical (unpaired) electrons. The fraction of sp³-hybridized carbons (Fsp3) is 0.571. The number of rotatable bonds is 7. The smallest absolute Gasteiger partial charge is 0.192 e. The SMILES string of the molecule is COCCNC(=NCc1nnc(C)n1C)NC1CCCN(c2cc(C)ccc2F)C1.I. The number of guanidine groups is 1. The van der Waals surface area contributed by atoms with E-state index < -0.39 is 0 Å². The van der Waals surface area contributed by atoms with Gasteiger partial charge in [-0.15, -0.1) is 34.2 Å². The van der Waals surface area contributed by atoms with Gasteiger partial charge in [0.25, 0.3) is 0 Å². The number of aromatic nitrogens is 3. The Morgan fingerprint density at radius 3 is 2.84 bits per heavy atom. The molecular formula is C21H33FIN7O. The van der Waals surface area contributed by atoms with Gasteiger partial charge in [0.05, 0.1) is 12.3 Å². The van der Waals surface area contributed by atoms with Gasteiger partial charge >= 0.3 is 0 Å². The number of methoxy groups -OCH3 is 1. The van der Waals surface area contributed by atoms with Gasteiger partial charge in [0.15, 0.2) is 11.8 Å². The van der Waals surface area contributed by atoms with Crippen molar-refractivity contribution in [1.82, 2.24) is 25.4 Å². The minimum atomic E-state index is -0.175. The summed E-state index contributed by atoms with van der Waals surface area (Å²) in [7, 11) is 3.60. The van der Waals surface area contributed by atoms with Crippen LogP contribution < -0.4 is 15.5 Å². The number of nitrogens with one attached hydrogen (secondary N) is 2. The lowest BCUT2D eigenvalue weighted by molar-refractivity contribution is 0.203. The van der Waals surface area contributed by atoms with E-state index in [1.165, 1.54) is 0 Å². The van der Waals surface area contributed by atoms with Gasteiger partial charge in [0, 0.05) is 39.8 Å². The van der Waals surface area contributed by atoms with Crippen LogP contribution in [0.4, 0.5) is 10.1 Å². The Hall–Kier alpha value is -1.95. The molecule has 3 rings (SSSR count). The fourth-order valence-electron chi connectivity index (χ4n) is 3.53. The highest BCUT2D eigenvalue weighted by Gasteiger charge is 2.23. The molecule has 1 aromatic carbocycles. The lowest BCUT2D eigenvalue weighted by Crippen LogP contribution is -2.51. The van der Waals surface area contributed by atoms with Gasteiger partial charge in [-0.05, 0) is 44.4 Å². The monoisotopic (exact) mass is 545 g/mol. The van der Waals surface area contributed by atoms with Crippen molar-refractivity contribution in [3.8, 4) is 0 Å². The first-order chi connectivity index (χ1) is 14.5. The quantitative estimate of drug-likeness (QED) is 0.241. The minimum Gasteiger partial charge on any atom is -0.383 e.